The zero-order valence-electron chi connectivity index (χ0n) is 25.5. The van der Waals surface area contributed by atoms with Gasteiger partial charge in [-0.05, 0) is 93.2 Å². The molecule has 232 valence electrons. The van der Waals surface area contributed by atoms with Gasteiger partial charge < -0.3 is 15.1 Å². The van der Waals surface area contributed by atoms with Gasteiger partial charge in [0, 0.05) is 56.2 Å². The van der Waals surface area contributed by atoms with Crippen molar-refractivity contribution in [3.63, 3.8) is 0 Å². The van der Waals surface area contributed by atoms with Gasteiger partial charge in [0.1, 0.15) is 0 Å². The van der Waals surface area contributed by atoms with Gasteiger partial charge in [0.15, 0.2) is 17.4 Å². The number of nitrogens with zero attached hydrogens (tertiary/aromatic N) is 2. The lowest BCUT2D eigenvalue weighted by Crippen LogP contribution is -2.57. The molecule has 2 fully saturated rings. The van der Waals surface area contributed by atoms with E-state index in [-0.39, 0.29) is 17.4 Å². The van der Waals surface area contributed by atoms with Gasteiger partial charge in [0.05, 0.1) is 11.7 Å². The third-order valence-corrected chi connectivity index (χ3v) is 10.4. The highest BCUT2D eigenvalue weighted by Gasteiger charge is 2.57. The highest BCUT2D eigenvalue weighted by atomic mass is 19.2. The van der Waals surface area contributed by atoms with Gasteiger partial charge >= 0.3 is 0 Å². The van der Waals surface area contributed by atoms with E-state index in [4.69, 9.17) is 0 Å². The second kappa shape index (κ2) is 12.6. The van der Waals surface area contributed by atoms with Crippen molar-refractivity contribution in [2.45, 2.75) is 83.3 Å². The minimum absolute atomic E-state index is 0.0636. The van der Waals surface area contributed by atoms with Crippen molar-refractivity contribution in [2.24, 2.45) is 5.41 Å². The number of benzene rings is 2. The predicted molar refractivity (Wildman–Crippen MR) is 162 cm³/mol. The highest BCUT2D eigenvalue weighted by molar-refractivity contribution is 6.10. The molecule has 4 aliphatic rings. The Morgan fingerprint density at radius 2 is 1.74 bits per heavy atom. The van der Waals surface area contributed by atoms with Gasteiger partial charge in [0.2, 0.25) is 5.91 Å². The fourth-order valence-corrected chi connectivity index (χ4v) is 7.58. The van der Waals surface area contributed by atoms with Crippen LogP contribution in [0.4, 0.5) is 8.78 Å². The highest BCUT2D eigenvalue weighted by Crippen LogP contribution is 2.58. The molecule has 1 saturated heterocycles. The number of aliphatic hydroxyl groups excluding tert-OH is 1. The molecule has 3 aliphatic carbocycles. The SMILES string of the molecule is CC(=O)N1CCN(CC2(O)CCC3c4ccc(cc4C(=O)c4ccc(F)c(F)c4)CC(O)CCC(C)=CCCC32C)CC1. The van der Waals surface area contributed by atoms with Crippen LogP contribution >= 0.6 is 0 Å². The van der Waals surface area contributed by atoms with E-state index in [1.165, 1.54) is 11.6 Å². The van der Waals surface area contributed by atoms with Crippen LogP contribution in [0.1, 0.15) is 92.3 Å². The average Bonchev–Trinajstić information content (AvgIpc) is 3.22. The third kappa shape index (κ3) is 6.47. The predicted octanol–water partition coefficient (Wildman–Crippen LogP) is 5.40. The number of hydrogen-bond acceptors (Lipinski definition) is 5. The number of hydrogen-bond donors (Lipinski definition) is 2. The van der Waals surface area contributed by atoms with E-state index in [0.29, 0.717) is 70.4 Å². The van der Waals surface area contributed by atoms with Crippen molar-refractivity contribution < 1.29 is 28.6 Å². The summed E-state index contributed by atoms with van der Waals surface area (Å²) in [7, 11) is 0. The number of amides is 1. The van der Waals surface area contributed by atoms with Gasteiger partial charge in [-0.3, -0.25) is 14.5 Å². The Bertz CT molecular complexity index is 1400. The van der Waals surface area contributed by atoms with Gasteiger partial charge in [-0.15, -0.1) is 0 Å². The maximum Gasteiger partial charge on any atom is 0.219 e. The molecule has 1 heterocycles. The molecule has 2 bridgehead atoms. The zero-order valence-corrected chi connectivity index (χ0v) is 25.5. The number of ketones is 1. The Morgan fingerprint density at radius 1 is 1.00 bits per heavy atom. The first-order valence-electron chi connectivity index (χ1n) is 15.6. The van der Waals surface area contributed by atoms with Crippen LogP contribution in [-0.4, -0.2) is 76.1 Å². The Labute approximate surface area is 253 Å². The molecule has 1 saturated carbocycles. The minimum Gasteiger partial charge on any atom is -0.393 e. The van der Waals surface area contributed by atoms with E-state index in [9.17, 15) is 28.6 Å². The number of β-amino-alcohol motifs (C(OH)–C–C–N with tert-alkyl or cyclic N) is 1. The summed E-state index contributed by atoms with van der Waals surface area (Å²) in [6.07, 6.45) is 6.03. The molecule has 8 heteroatoms. The second-order valence-electron chi connectivity index (χ2n) is 13.2. The van der Waals surface area contributed by atoms with Crippen molar-refractivity contribution in [3.8, 4) is 0 Å². The fraction of sp³-hybridized carbons (Fsp3) is 0.543. The molecule has 0 radical (unpaired) electrons. The number of fused-ring (bicyclic) bond motifs is 8. The van der Waals surface area contributed by atoms with Crippen LogP contribution in [0.3, 0.4) is 0 Å². The third-order valence-electron chi connectivity index (χ3n) is 10.4. The summed E-state index contributed by atoms with van der Waals surface area (Å²) >= 11 is 0. The molecule has 6 nitrogen and oxygen atoms in total. The maximum atomic E-state index is 14.2. The van der Waals surface area contributed by atoms with Crippen molar-refractivity contribution in [1.29, 1.82) is 0 Å². The Balaban J connectivity index is 1.55. The average molecular weight is 595 g/mol. The largest absolute Gasteiger partial charge is 0.393 e. The summed E-state index contributed by atoms with van der Waals surface area (Å²) in [5, 5.41) is 23.3. The van der Waals surface area contributed by atoms with Gasteiger partial charge in [-0.1, -0.05) is 30.7 Å². The number of halogens is 2. The lowest BCUT2D eigenvalue weighted by Gasteiger charge is -2.47. The molecule has 2 aromatic rings. The van der Waals surface area contributed by atoms with Gasteiger partial charge in [-0.2, -0.15) is 0 Å². The first-order chi connectivity index (χ1) is 20.4. The van der Waals surface area contributed by atoms with Crippen LogP contribution in [0.25, 0.3) is 0 Å². The van der Waals surface area contributed by atoms with E-state index in [1.54, 1.807) is 13.0 Å². The monoisotopic (exact) mass is 594 g/mol. The molecule has 1 amide bonds. The zero-order chi connectivity index (χ0) is 30.9. The van der Waals surface area contributed by atoms with Crippen LogP contribution in [-0.2, 0) is 11.2 Å². The standard InChI is InChI=1S/C35H44F2N2O4/c1-23-5-4-13-34(3)30(12-14-35(34,43)22-38-15-17-39(18-16-38)24(2)40)28-10-7-25(19-27(41)9-6-23)20-29(28)33(42)26-8-11-31(36)32(37)21-26/h5,7-8,10-11,20-21,27,30,41,43H,4,6,9,12-19,22H2,1-3H3. The number of piperazine rings is 1. The molecule has 4 atom stereocenters. The smallest absolute Gasteiger partial charge is 0.219 e. The van der Waals surface area contributed by atoms with E-state index < -0.39 is 34.5 Å². The summed E-state index contributed by atoms with van der Waals surface area (Å²) in [5.74, 6) is -2.58. The summed E-state index contributed by atoms with van der Waals surface area (Å²) in [5.41, 5.74) is 1.67. The minimum atomic E-state index is -1.08. The Morgan fingerprint density at radius 3 is 2.44 bits per heavy atom. The number of aliphatic hydroxyl groups is 2. The summed E-state index contributed by atoms with van der Waals surface area (Å²) in [4.78, 5) is 29.9. The normalized spacial score (nSPS) is 28.7. The lowest BCUT2D eigenvalue weighted by atomic mass is 9.64. The van der Waals surface area contributed by atoms with Crippen molar-refractivity contribution in [3.05, 3.63) is 81.9 Å². The van der Waals surface area contributed by atoms with Crippen LogP contribution in [0.5, 0.6) is 0 Å². The Kier molecular flexibility index (Phi) is 9.21. The fourth-order valence-electron chi connectivity index (χ4n) is 7.58. The Hall–Kier alpha value is -2.94. The molecule has 2 N–H and O–H groups in total. The van der Waals surface area contributed by atoms with E-state index in [0.717, 1.165) is 36.1 Å². The molecular weight excluding hydrogens is 550 g/mol. The van der Waals surface area contributed by atoms with Gasteiger partial charge in [0.25, 0.3) is 0 Å². The van der Waals surface area contributed by atoms with Crippen molar-refractivity contribution in [1.82, 2.24) is 9.80 Å². The molecule has 4 unspecified atom stereocenters. The quantitative estimate of drug-likeness (QED) is 0.366. The number of carbonyl (C=O) groups is 2. The summed E-state index contributed by atoms with van der Waals surface area (Å²) in [6, 6.07) is 8.93. The lowest BCUT2D eigenvalue weighted by molar-refractivity contribution is -0.132. The second-order valence-corrected chi connectivity index (χ2v) is 13.2. The van der Waals surface area contributed by atoms with Crippen molar-refractivity contribution in [2.75, 3.05) is 32.7 Å². The first-order valence-corrected chi connectivity index (χ1v) is 15.6. The van der Waals surface area contributed by atoms with Gasteiger partial charge in [-0.25, -0.2) is 8.78 Å². The van der Waals surface area contributed by atoms with Crippen LogP contribution in [0.15, 0.2) is 48.0 Å². The summed E-state index contributed by atoms with van der Waals surface area (Å²) in [6.45, 7) is 8.93. The number of rotatable bonds is 4. The molecule has 0 aromatic heterocycles. The number of carbonyl (C=O) groups excluding carboxylic acids is 2. The first kappa shape index (κ1) is 31.5. The van der Waals surface area contributed by atoms with Crippen LogP contribution in [0, 0.1) is 17.0 Å². The molecule has 2 aromatic carbocycles. The molecule has 43 heavy (non-hydrogen) atoms. The topological polar surface area (TPSA) is 81.1 Å². The molecule has 0 spiro atoms. The number of allylic oxidation sites excluding steroid dienone is 2. The van der Waals surface area contributed by atoms with E-state index in [1.807, 2.05) is 17.0 Å². The van der Waals surface area contributed by atoms with Crippen LogP contribution < -0.4 is 0 Å². The summed E-state index contributed by atoms with van der Waals surface area (Å²) < 4.78 is 28.0. The van der Waals surface area contributed by atoms with E-state index >= 15 is 0 Å². The molecule has 6 rings (SSSR count). The van der Waals surface area contributed by atoms with Crippen LogP contribution in [0.2, 0.25) is 0 Å². The molecule has 1 aliphatic heterocycles. The molecular formula is C35H44F2N2O4. The van der Waals surface area contributed by atoms with E-state index in [2.05, 4.69) is 24.8 Å². The van der Waals surface area contributed by atoms with Crippen molar-refractivity contribution >= 4 is 11.7 Å². The maximum absolute atomic E-state index is 14.2.